The molecule has 1 aliphatic heterocycles. The lowest BCUT2D eigenvalue weighted by Crippen LogP contribution is -2.45. The summed E-state index contributed by atoms with van der Waals surface area (Å²) in [7, 11) is 2.80. The van der Waals surface area contributed by atoms with Gasteiger partial charge in [0.2, 0.25) is 0 Å². The first kappa shape index (κ1) is 21.3. The topological polar surface area (TPSA) is 106 Å². The van der Waals surface area contributed by atoms with E-state index in [9.17, 15) is 14.7 Å². The van der Waals surface area contributed by atoms with Gasteiger partial charge in [0, 0.05) is 0 Å². The Morgan fingerprint density at radius 1 is 1.20 bits per heavy atom. The summed E-state index contributed by atoms with van der Waals surface area (Å²) in [4.78, 5) is 25.1. The summed E-state index contributed by atoms with van der Waals surface area (Å²) in [6.45, 7) is 2.05. The number of nitrogens with one attached hydrogen (secondary N) is 2. The predicted octanol–water partition coefficient (Wildman–Crippen LogP) is 3.39. The summed E-state index contributed by atoms with van der Waals surface area (Å²) in [6, 6.07) is 8.45. The van der Waals surface area contributed by atoms with E-state index in [4.69, 9.17) is 25.8 Å². The van der Waals surface area contributed by atoms with Crippen LogP contribution in [-0.2, 0) is 9.53 Å². The molecule has 0 saturated carbocycles. The number of ether oxygens (including phenoxy) is 3. The Balaban J connectivity index is 2.19. The normalized spacial score (nSPS) is 15.9. The van der Waals surface area contributed by atoms with Crippen LogP contribution in [0.3, 0.4) is 0 Å². The van der Waals surface area contributed by atoms with Crippen LogP contribution in [0.2, 0.25) is 5.02 Å². The number of urea groups is 1. The van der Waals surface area contributed by atoms with E-state index in [1.54, 1.807) is 38.3 Å². The van der Waals surface area contributed by atoms with E-state index in [-0.39, 0.29) is 22.1 Å². The molecule has 2 aromatic rings. The Bertz CT molecular complexity index is 1000. The first-order valence-corrected chi connectivity index (χ1v) is 9.47. The Labute approximate surface area is 178 Å². The van der Waals surface area contributed by atoms with Gasteiger partial charge in [-0.1, -0.05) is 11.6 Å². The van der Waals surface area contributed by atoms with Crippen molar-refractivity contribution in [2.45, 2.75) is 13.0 Å². The van der Waals surface area contributed by atoms with E-state index in [1.165, 1.54) is 19.2 Å². The minimum atomic E-state index is -0.888. The molecule has 9 heteroatoms. The minimum Gasteiger partial charge on any atom is -0.503 e. The number of methoxy groups -OCH3 is 2. The number of rotatable bonds is 6. The fourth-order valence-electron chi connectivity index (χ4n) is 3.16. The number of amides is 2. The monoisotopic (exact) mass is 432 g/mol. The third kappa shape index (κ3) is 4.13. The summed E-state index contributed by atoms with van der Waals surface area (Å²) in [5, 5.41) is 15.5. The molecule has 0 bridgehead atoms. The molecule has 1 aliphatic rings. The molecule has 0 fully saturated rings. The molecule has 0 spiro atoms. The van der Waals surface area contributed by atoms with Gasteiger partial charge >= 0.3 is 12.0 Å². The van der Waals surface area contributed by atoms with Gasteiger partial charge in [-0.05, 0) is 54.4 Å². The number of aromatic hydroxyl groups is 1. The van der Waals surface area contributed by atoms with Crippen LogP contribution in [0.5, 0.6) is 17.2 Å². The quantitative estimate of drug-likeness (QED) is 0.604. The van der Waals surface area contributed by atoms with Crippen LogP contribution in [-0.4, -0.2) is 37.9 Å². The Hall–Kier alpha value is -3.39. The second-order valence-corrected chi connectivity index (χ2v) is 6.73. The second-order valence-electron chi connectivity index (χ2n) is 6.32. The van der Waals surface area contributed by atoms with Gasteiger partial charge < -0.3 is 30.0 Å². The Morgan fingerprint density at radius 2 is 1.90 bits per heavy atom. The lowest BCUT2D eigenvalue weighted by atomic mass is 9.92. The molecule has 2 amide bonds. The van der Waals surface area contributed by atoms with E-state index in [1.807, 2.05) is 0 Å². The maximum Gasteiger partial charge on any atom is 0.338 e. The third-order valence-corrected chi connectivity index (χ3v) is 4.83. The van der Waals surface area contributed by atoms with Gasteiger partial charge in [0.15, 0.2) is 11.5 Å². The van der Waals surface area contributed by atoms with Crippen molar-refractivity contribution in [3.8, 4) is 17.2 Å². The van der Waals surface area contributed by atoms with Crippen LogP contribution in [0.4, 0.5) is 4.79 Å². The van der Waals surface area contributed by atoms with Gasteiger partial charge in [0.05, 0.1) is 43.2 Å². The molecule has 0 aromatic heterocycles. The summed E-state index contributed by atoms with van der Waals surface area (Å²) in [6.07, 6.45) is 0. The van der Waals surface area contributed by atoms with Crippen LogP contribution in [0.25, 0.3) is 5.70 Å². The molecule has 3 rings (SSSR count). The predicted molar refractivity (Wildman–Crippen MR) is 111 cm³/mol. The smallest absolute Gasteiger partial charge is 0.338 e. The van der Waals surface area contributed by atoms with Crippen LogP contribution < -0.4 is 20.1 Å². The third-order valence-electron chi connectivity index (χ3n) is 4.54. The Morgan fingerprint density at radius 3 is 2.50 bits per heavy atom. The van der Waals surface area contributed by atoms with Crippen LogP contribution in [0.15, 0.2) is 42.0 Å². The zero-order valence-electron chi connectivity index (χ0n) is 16.6. The van der Waals surface area contributed by atoms with Gasteiger partial charge in [-0.3, -0.25) is 0 Å². The highest BCUT2D eigenvalue weighted by molar-refractivity contribution is 6.32. The van der Waals surface area contributed by atoms with Crippen LogP contribution in [0.1, 0.15) is 24.1 Å². The van der Waals surface area contributed by atoms with Gasteiger partial charge in [-0.25, -0.2) is 9.59 Å². The largest absolute Gasteiger partial charge is 0.503 e. The van der Waals surface area contributed by atoms with E-state index < -0.39 is 18.0 Å². The van der Waals surface area contributed by atoms with Crippen molar-refractivity contribution in [2.75, 3.05) is 20.8 Å². The average molecular weight is 433 g/mol. The number of hydrogen-bond acceptors (Lipinski definition) is 6. The Kier molecular flexibility index (Phi) is 6.37. The van der Waals surface area contributed by atoms with Crippen LogP contribution in [0, 0.1) is 0 Å². The summed E-state index contributed by atoms with van der Waals surface area (Å²) in [5.74, 6) is -0.0903. The summed E-state index contributed by atoms with van der Waals surface area (Å²) < 4.78 is 15.6. The van der Waals surface area contributed by atoms with Crippen molar-refractivity contribution in [1.82, 2.24) is 10.6 Å². The van der Waals surface area contributed by atoms with Crippen molar-refractivity contribution in [3.63, 3.8) is 0 Å². The van der Waals surface area contributed by atoms with Gasteiger partial charge in [-0.15, -0.1) is 0 Å². The first-order chi connectivity index (χ1) is 14.4. The molecule has 158 valence electrons. The number of carbonyl (C=O) groups is 2. The van der Waals surface area contributed by atoms with Crippen molar-refractivity contribution < 1.29 is 28.9 Å². The maximum atomic E-state index is 12.7. The van der Waals surface area contributed by atoms with Gasteiger partial charge in [-0.2, -0.15) is 0 Å². The van der Waals surface area contributed by atoms with Crippen molar-refractivity contribution in [2.24, 2.45) is 0 Å². The van der Waals surface area contributed by atoms with E-state index in [0.29, 0.717) is 29.2 Å². The maximum absolute atomic E-state index is 12.7. The molecular weight excluding hydrogens is 412 g/mol. The van der Waals surface area contributed by atoms with Crippen molar-refractivity contribution >= 4 is 29.3 Å². The molecular formula is C21H21ClN2O6. The number of hydrogen-bond donors (Lipinski definition) is 3. The molecule has 2 aromatic carbocycles. The molecule has 30 heavy (non-hydrogen) atoms. The molecule has 1 unspecified atom stereocenters. The molecule has 1 heterocycles. The minimum absolute atomic E-state index is 0.0268. The zero-order valence-corrected chi connectivity index (χ0v) is 17.4. The molecule has 8 nitrogen and oxygen atoms in total. The fourth-order valence-corrected chi connectivity index (χ4v) is 3.37. The number of esters is 1. The van der Waals surface area contributed by atoms with Crippen molar-refractivity contribution in [3.05, 3.63) is 58.1 Å². The number of carbonyl (C=O) groups excluding carboxylic acids is 2. The second kappa shape index (κ2) is 8.96. The SMILES string of the molecule is CCOc1cc(C2NC(=O)NC(c3ccc(OC)cc3)=C2C(=O)OC)cc(Cl)c1O. The van der Waals surface area contributed by atoms with E-state index in [0.717, 1.165) is 0 Å². The van der Waals surface area contributed by atoms with Gasteiger partial charge in [0.1, 0.15) is 5.75 Å². The lowest BCUT2D eigenvalue weighted by Gasteiger charge is -2.29. The zero-order chi connectivity index (χ0) is 21.8. The highest BCUT2D eigenvalue weighted by Crippen LogP contribution is 2.40. The lowest BCUT2D eigenvalue weighted by molar-refractivity contribution is -0.136. The molecule has 0 aliphatic carbocycles. The van der Waals surface area contributed by atoms with Crippen molar-refractivity contribution in [1.29, 1.82) is 0 Å². The number of phenolic OH excluding ortho intramolecular Hbond substituents is 1. The number of halogens is 1. The highest BCUT2D eigenvalue weighted by Gasteiger charge is 2.35. The average Bonchev–Trinajstić information content (AvgIpc) is 2.75. The summed E-state index contributed by atoms with van der Waals surface area (Å²) in [5.41, 5.74) is 1.50. The fraction of sp³-hybridized carbons (Fsp3) is 0.238. The summed E-state index contributed by atoms with van der Waals surface area (Å²) >= 11 is 6.15. The van der Waals surface area contributed by atoms with Crippen LogP contribution >= 0.6 is 11.6 Å². The molecule has 0 radical (unpaired) electrons. The first-order valence-electron chi connectivity index (χ1n) is 9.09. The standard InChI is InChI=1S/C21H21ClN2O6/c1-4-30-15-10-12(9-14(22)19(15)25)18-16(20(26)29-3)17(23-21(27)24-18)11-5-7-13(28-2)8-6-11/h5-10,18,25H,4H2,1-3H3,(H2,23,24,27). The van der Waals surface area contributed by atoms with Gasteiger partial charge in [0.25, 0.3) is 0 Å². The molecule has 3 N–H and O–H groups in total. The van der Waals surface area contributed by atoms with E-state index >= 15 is 0 Å². The number of phenols is 1. The van der Waals surface area contributed by atoms with E-state index in [2.05, 4.69) is 10.6 Å². The molecule has 1 atom stereocenters. The molecule has 0 saturated heterocycles. The highest BCUT2D eigenvalue weighted by atomic mass is 35.5. The number of benzene rings is 2.